The van der Waals surface area contributed by atoms with Crippen LogP contribution in [0.3, 0.4) is 0 Å². The maximum atomic E-state index is 12.7. The minimum Gasteiger partial charge on any atom is -0.508 e. The van der Waals surface area contributed by atoms with Crippen LogP contribution in [-0.4, -0.2) is 10.1 Å². The van der Waals surface area contributed by atoms with Crippen molar-refractivity contribution in [2.75, 3.05) is 0 Å². The Balaban J connectivity index is 2.56. The number of hydrogen-bond acceptors (Lipinski definition) is 2. The molecule has 88 valence electrons. The number of nitrogens with zero attached hydrogens (tertiary/aromatic N) is 1. The van der Waals surface area contributed by atoms with Crippen molar-refractivity contribution in [3.05, 3.63) is 48.2 Å². The third kappa shape index (κ3) is 2.38. The summed E-state index contributed by atoms with van der Waals surface area (Å²) in [6.45, 7) is 0. The molecule has 0 aliphatic heterocycles. The monoisotopic (exact) mass is 239 g/mol. The van der Waals surface area contributed by atoms with Gasteiger partial charge in [0.05, 0.1) is 11.3 Å². The zero-order valence-corrected chi connectivity index (χ0v) is 8.57. The number of halogens is 3. The van der Waals surface area contributed by atoms with Crippen LogP contribution in [0.15, 0.2) is 42.6 Å². The van der Waals surface area contributed by atoms with E-state index in [1.54, 1.807) is 0 Å². The van der Waals surface area contributed by atoms with Gasteiger partial charge in [-0.25, -0.2) is 0 Å². The Morgan fingerprint density at radius 2 is 1.65 bits per heavy atom. The highest BCUT2D eigenvalue weighted by Crippen LogP contribution is 2.35. The third-order valence-corrected chi connectivity index (χ3v) is 2.25. The number of phenols is 1. The summed E-state index contributed by atoms with van der Waals surface area (Å²) in [7, 11) is 0. The van der Waals surface area contributed by atoms with E-state index in [0.717, 1.165) is 6.07 Å². The van der Waals surface area contributed by atoms with E-state index in [2.05, 4.69) is 4.98 Å². The molecule has 0 fully saturated rings. The van der Waals surface area contributed by atoms with Crippen molar-refractivity contribution in [3.63, 3.8) is 0 Å². The molecule has 1 heterocycles. The average molecular weight is 239 g/mol. The molecule has 0 aliphatic carbocycles. The van der Waals surface area contributed by atoms with Crippen molar-refractivity contribution in [1.82, 2.24) is 4.98 Å². The quantitative estimate of drug-likeness (QED) is 0.826. The first kappa shape index (κ1) is 11.4. The Morgan fingerprint density at radius 1 is 1.00 bits per heavy atom. The normalized spacial score (nSPS) is 11.5. The van der Waals surface area contributed by atoms with Crippen molar-refractivity contribution in [2.45, 2.75) is 6.18 Å². The molecule has 0 saturated heterocycles. The molecular weight excluding hydrogens is 231 g/mol. The van der Waals surface area contributed by atoms with E-state index in [4.69, 9.17) is 5.11 Å². The van der Waals surface area contributed by atoms with E-state index < -0.39 is 11.7 Å². The third-order valence-electron chi connectivity index (χ3n) is 2.25. The minimum absolute atomic E-state index is 0.00163. The van der Waals surface area contributed by atoms with Gasteiger partial charge in [0, 0.05) is 11.8 Å². The number of aromatic nitrogens is 1. The van der Waals surface area contributed by atoms with E-state index in [0.29, 0.717) is 5.56 Å². The van der Waals surface area contributed by atoms with Crippen LogP contribution in [0.25, 0.3) is 11.3 Å². The van der Waals surface area contributed by atoms with Gasteiger partial charge in [0.25, 0.3) is 0 Å². The van der Waals surface area contributed by atoms with Gasteiger partial charge in [-0.1, -0.05) is 0 Å². The van der Waals surface area contributed by atoms with Crippen molar-refractivity contribution < 1.29 is 18.3 Å². The van der Waals surface area contributed by atoms with Crippen molar-refractivity contribution in [2.24, 2.45) is 0 Å². The second-order valence-corrected chi connectivity index (χ2v) is 3.44. The summed E-state index contributed by atoms with van der Waals surface area (Å²) in [4.78, 5) is 3.74. The summed E-state index contributed by atoms with van der Waals surface area (Å²) < 4.78 is 38.2. The van der Waals surface area contributed by atoms with Gasteiger partial charge < -0.3 is 5.11 Å². The predicted octanol–water partition coefficient (Wildman–Crippen LogP) is 3.47. The molecule has 2 aromatic rings. The van der Waals surface area contributed by atoms with E-state index in [-0.39, 0.29) is 11.4 Å². The van der Waals surface area contributed by atoms with Crippen LogP contribution in [0.2, 0.25) is 0 Å². The van der Waals surface area contributed by atoms with E-state index in [9.17, 15) is 13.2 Å². The van der Waals surface area contributed by atoms with E-state index >= 15 is 0 Å². The maximum absolute atomic E-state index is 12.7. The summed E-state index contributed by atoms with van der Waals surface area (Å²) in [6, 6.07) is 7.66. The smallest absolute Gasteiger partial charge is 0.418 e. The Morgan fingerprint density at radius 3 is 2.24 bits per heavy atom. The number of hydrogen-bond donors (Lipinski definition) is 1. The molecule has 5 heteroatoms. The molecule has 0 saturated carbocycles. The molecule has 1 N–H and O–H groups in total. The van der Waals surface area contributed by atoms with Crippen LogP contribution >= 0.6 is 0 Å². The first-order valence-corrected chi connectivity index (χ1v) is 4.80. The number of benzene rings is 1. The van der Waals surface area contributed by atoms with Crippen LogP contribution in [0.4, 0.5) is 13.2 Å². The van der Waals surface area contributed by atoms with Gasteiger partial charge in [-0.15, -0.1) is 0 Å². The molecule has 0 aliphatic rings. The second-order valence-electron chi connectivity index (χ2n) is 3.44. The van der Waals surface area contributed by atoms with Crippen molar-refractivity contribution in [3.8, 4) is 17.0 Å². The lowest BCUT2D eigenvalue weighted by Crippen LogP contribution is -2.08. The number of alkyl halides is 3. The fraction of sp³-hybridized carbons (Fsp3) is 0.0833. The zero-order chi connectivity index (χ0) is 12.5. The molecule has 0 unspecified atom stereocenters. The molecule has 1 aromatic heterocycles. The molecule has 0 amide bonds. The molecule has 2 nitrogen and oxygen atoms in total. The molecule has 0 radical (unpaired) electrons. The highest BCUT2D eigenvalue weighted by Gasteiger charge is 2.34. The Kier molecular flexibility index (Phi) is 2.75. The highest BCUT2D eigenvalue weighted by atomic mass is 19.4. The standard InChI is InChI=1S/C12H8F3NO/c13-12(14,15)10-2-1-7-16-11(10)8-3-5-9(17)6-4-8/h1-7,17H. The average Bonchev–Trinajstić information content (AvgIpc) is 2.29. The SMILES string of the molecule is Oc1ccc(-c2ncccc2C(F)(F)F)cc1. The Hall–Kier alpha value is -2.04. The van der Waals surface area contributed by atoms with Gasteiger partial charge in [-0.2, -0.15) is 13.2 Å². The largest absolute Gasteiger partial charge is 0.508 e. The second kappa shape index (κ2) is 4.08. The molecule has 1 aromatic carbocycles. The van der Waals surface area contributed by atoms with Gasteiger partial charge in [0.1, 0.15) is 5.75 Å². The Bertz CT molecular complexity index is 520. The fourth-order valence-corrected chi connectivity index (χ4v) is 1.48. The molecular formula is C12H8F3NO. The number of aromatic hydroxyl groups is 1. The first-order valence-electron chi connectivity index (χ1n) is 4.80. The molecule has 2 rings (SSSR count). The van der Waals surface area contributed by atoms with Crippen LogP contribution in [-0.2, 0) is 6.18 Å². The van der Waals surface area contributed by atoms with Gasteiger partial charge in [0.15, 0.2) is 0 Å². The molecule has 0 atom stereocenters. The molecule has 17 heavy (non-hydrogen) atoms. The Labute approximate surface area is 95.4 Å². The highest BCUT2D eigenvalue weighted by molar-refractivity contribution is 5.64. The first-order chi connectivity index (χ1) is 7.98. The number of phenolic OH excluding ortho intramolecular Hbond substituents is 1. The van der Waals surface area contributed by atoms with Gasteiger partial charge >= 0.3 is 6.18 Å². The van der Waals surface area contributed by atoms with Crippen molar-refractivity contribution in [1.29, 1.82) is 0 Å². The summed E-state index contributed by atoms with van der Waals surface area (Å²) in [6.07, 6.45) is -3.14. The fourth-order valence-electron chi connectivity index (χ4n) is 1.48. The van der Waals surface area contributed by atoms with Gasteiger partial charge in [-0.05, 0) is 36.4 Å². The number of rotatable bonds is 1. The summed E-state index contributed by atoms with van der Waals surface area (Å²) >= 11 is 0. The summed E-state index contributed by atoms with van der Waals surface area (Å²) in [5.41, 5.74) is -0.610. The topological polar surface area (TPSA) is 33.1 Å². The van der Waals surface area contributed by atoms with Gasteiger partial charge in [-0.3, -0.25) is 4.98 Å². The predicted molar refractivity (Wildman–Crippen MR) is 56.3 cm³/mol. The van der Waals surface area contributed by atoms with Crippen LogP contribution in [0, 0.1) is 0 Å². The van der Waals surface area contributed by atoms with Crippen LogP contribution in [0.1, 0.15) is 5.56 Å². The number of pyridine rings is 1. The van der Waals surface area contributed by atoms with Crippen LogP contribution < -0.4 is 0 Å². The van der Waals surface area contributed by atoms with E-state index in [1.165, 1.54) is 36.5 Å². The van der Waals surface area contributed by atoms with Crippen molar-refractivity contribution >= 4 is 0 Å². The lowest BCUT2D eigenvalue weighted by molar-refractivity contribution is -0.137. The lowest BCUT2D eigenvalue weighted by atomic mass is 10.1. The zero-order valence-electron chi connectivity index (χ0n) is 8.57. The molecule has 0 bridgehead atoms. The minimum atomic E-state index is -4.44. The van der Waals surface area contributed by atoms with Crippen LogP contribution in [0.5, 0.6) is 5.75 Å². The summed E-state index contributed by atoms with van der Waals surface area (Å²) in [5.74, 6) is -0.00163. The van der Waals surface area contributed by atoms with E-state index in [1.807, 2.05) is 0 Å². The lowest BCUT2D eigenvalue weighted by Gasteiger charge is -2.11. The van der Waals surface area contributed by atoms with Gasteiger partial charge in [0.2, 0.25) is 0 Å². The molecule has 0 spiro atoms. The maximum Gasteiger partial charge on any atom is 0.418 e. The summed E-state index contributed by atoms with van der Waals surface area (Å²) in [5, 5.41) is 9.09.